The van der Waals surface area contributed by atoms with Gasteiger partial charge in [-0.3, -0.25) is 0 Å². The van der Waals surface area contributed by atoms with Crippen LogP contribution >= 0.6 is 0 Å². The fourth-order valence-electron chi connectivity index (χ4n) is 5.54. The highest BCUT2D eigenvalue weighted by Crippen LogP contribution is 2.36. The molecule has 8 heteroatoms. The molecule has 192 valence electrons. The standard InChI is InChI=1S/C29H33N5O2S/c1-7-8-23-15-25-20(5)31-28-27(26-18(3)13-17(2)14-19(26)4)21(6)32-34(28)29(25)33(23)16-22-9-11-24(12-10-22)37(30,35)36/h9-15H,7-8,16H2,1-6H3,(H2,30,35,36). The lowest BCUT2D eigenvalue weighted by Gasteiger charge is -2.13. The first-order valence-electron chi connectivity index (χ1n) is 12.6. The maximum atomic E-state index is 11.7. The summed E-state index contributed by atoms with van der Waals surface area (Å²) in [6, 6.07) is 13.4. The van der Waals surface area contributed by atoms with E-state index in [1.165, 1.54) is 27.9 Å². The molecule has 0 radical (unpaired) electrons. The SMILES string of the molecule is CCCc1cc2c(C)nc3c(-c4c(C)cc(C)cc4C)c(C)nn3c2n1Cc1ccc(S(N)(=O)=O)cc1. The summed E-state index contributed by atoms with van der Waals surface area (Å²) in [5, 5.41) is 11.4. The van der Waals surface area contributed by atoms with Gasteiger partial charge in [-0.25, -0.2) is 18.5 Å². The van der Waals surface area contributed by atoms with Crippen LogP contribution in [0.1, 0.15) is 52.7 Å². The van der Waals surface area contributed by atoms with Crippen molar-refractivity contribution in [3.8, 4) is 11.1 Å². The molecular formula is C29H33N5O2S. The van der Waals surface area contributed by atoms with Gasteiger partial charge >= 0.3 is 0 Å². The van der Waals surface area contributed by atoms with Crippen LogP contribution in [-0.4, -0.2) is 27.6 Å². The van der Waals surface area contributed by atoms with Gasteiger partial charge in [0, 0.05) is 17.6 Å². The molecule has 0 aliphatic heterocycles. The molecule has 5 aromatic rings. The van der Waals surface area contributed by atoms with Crippen molar-refractivity contribution < 1.29 is 8.42 Å². The number of primary sulfonamides is 1. The van der Waals surface area contributed by atoms with Crippen LogP contribution in [0.25, 0.3) is 27.8 Å². The molecule has 2 aromatic carbocycles. The van der Waals surface area contributed by atoms with Crippen molar-refractivity contribution in [3.63, 3.8) is 0 Å². The monoisotopic (exact) mass is 515 g/mol. The molecule has 0 aliphatic rings. The van der Waals surface area contributed by atoms with Crippen molar-refractivity contribution in [2.75, 3.05) is 0 Å². The van der Waals surface area contributed by atoms with Gasteiger partial charge in [0.2, 0.25) is 10.0 Å². The molecule has 0 saturated heterocycles. The van der Waals surface area contributed by atoms with E-state index in [0.717, 1.165) is 52.0 Å². The number of aryl methyl sites for hydroxylation is 6. The predicted octanol–water partition coefficient (Wildman–Crippen LogP) is 5.54. The Kier molecular flexibility index (Phi) is 6.20. The van der Waals surface area contributed by atoms with E-state index >= 15 is 0 Å². The number of rotatable bonds is 6. The summed E-state index contributed by atoms with van der Waals surface area (Å²) in [6.07, 6.45) is 1.91. The summed E-state index contributed by atoms with van der Waals surface area (Å²) >= 11 is 0. The van der Waals surface area contributed by atoms with Crippen molar-refractivity contribution in [2.24, 2.45) is 5.14 Å². The molecule has 0 aliphatic carbocycles. The highest BCUT2D eigenvalue weighted by atomic mass is 32.2. The maximum absolute atomic E-state index is 11.7. The van der Waals surface area contributed by atoms with Crippen LogP contribution in [0.5, 0.6) is 0 Å². The minimum absolute atomic E-state index is 0.112. The van der Waals surface area contributed by atoms with Crippen LogP contribution in [0.4, 0.5) is 0 Å². The van der Waals surface area contributed by atoms with E-state index in [4.69, 9.17) is 15.2 Å². The molecule has 37 heavy (non-hydrogen) atoms. The number of hydrogen-bond acceptors (Lipinski definition) is 4. The Hall–Kier alpha value is -3.49. The molecule has 3 aromatic heterocycles. The van der Waals surface area contributed by atoms with Crippen LogP contribution in [0.2, 0.25) is 0 Å². The molecule has 7 nitrogen and oxygen atoms in total. The molecular weight excluding hydrogens is 482 g/mol. The molecule has 0 atom stereocenters. The highest BCUT2D eigenvalue weighted by molar-refractivity contribution is 7.89. The molecule has 0 fully saturated rings. The number of nitrogens with zero attached hydrogens (tertiary/aromatic N) is 4. The zero-order valence-electron chi connectivity index (χ0n) is 22.3. The fraction of sp³-hybridized carbons (Fsp3) is 0.310. The molecule has 5 rings (SSSR count). The third kappa shape index (κ3) is 4.34. The Morgan fingerprint density at radius 1 is 0.892 bits per heavy atom. The van der Waals surface area contributed by atoms with Crippen molar-refractivity contribution in [2.45, 2.75) is 65.8 Å². The minimum atomic E-state index is -3.73. The topological polar surface area (TPSA) is 95.3 Å². The number of aromatic nitrogens is 4. The number of benzene rings is 2. The average molecular weight is 516 g/mol. The number of fused-ring (bicyclic) bond motifs is 3. The van der Waals surface area contributed by atoms with E-state index in [0.29, 0.717) is 6.54 Å². The second kappa shape index (κ2) is 9.11. The smallest absolute Gasteiger partial charge is 0.238 e. The van der Waals surface area contributed by atoms with Crippen LogP contribution in [0, 0.1) is 34.6 Å². The fourth-order valence-corrected chi connectivity index (χ4v) is 6.06. The van der Waals surface area contributed by atoms with Crippen molar-refractivity contribution in [1.29, 1.82) is 0 Å². The molecule has 0 amide bonds. The van der Waals surface area contributed by atoms with Gasteiger partial charge in [-0.1, -0.05) is 43.2 Å². The van der Waals surface area contributed by atoms with E-state index in [2.05, 4.69) is 64.3 Å². The van der Waals surface area contributed by atoms with Crippen molar-refractivity contribution >= 4 is 26.7 Å². The molecule has 0 spiro atoms. The van der Waals surface area contributed by atoms with Crippen LogP contribution in [0.15, 0.2) is 47.4 Å². The van der Waals surface area contributed by atoms with E-state index in [1.807, 2.05) is 16.6 Å². The predicted molar refractivity (Wildman–Crippen MR) is 149 cm³/mol. The highest BCUT2D eigenvalue weighted by Gasteiger charge is 2.22. The van der Waals surface area contributed by atoms with Gasteiger partial charge in [0.25, 0.3) is 0 Å². The van der Waals surface area contributed by atoms with Crippen LogP contribution < -0.4 is 5.14 Å². The van der Waals surface area contributed by atoms with E-state index in [1.54, 1.807) is 12.1 Å². The molecule has 2 N–H and O–H groups in total. The van der Waals surface area contributed by atoms with Crippen LogP contribution in [-0.2, 0) is 23.0 Å². The minimum Gasteiger partial charge on any atom is -0.325 e. The summed E-state index contributed by atoms with van der Waals surface area (Å²) in [6.45, 7) is 13.3. The van der Waals surface area contributed by atoms with Gasteiger partial charge in [-0.2, -0.15) is 9.61 Å². The number of hydrogen-bond donors (Lipinski definition) is 1. The van der Waals surface area contributed by atoms with Gasteiger partial charge in [-0.15, -0.1) is 0 Å². The number of nitrogens with two attached hydrogens (primary N) is 1. The molecule has 0 saturated carbocycles. The lowest BCUT2D eigenvalue weighted by molar-refractivity contribution is 0.597. The summed E-state index contributed by atoms with van der Waals surface area (Å²) in [4.78, 5) is 5.18. The van der Waals surface area contributed by atoms with Gasteiger partial charge in [0.1, 0.15) is 5.65 Å². The zero-order chi connectivity index (χ0) is 26.6. The van der Waals surface area contributed by atoms with Crippen LogP contribution in [0.3, 0.4) is 0 Å². The normalized spacial score (nSPS) is 12.2. The third-order valence-electron chi connectivity index (χ3n) is 7.08. The maximum Gasteiger partial charge on any atom is 0.238 e. The Bertz CT molecular complexity index is 1750. The second-order valence-corrected chi connectivity index (χ2v) is 11.6. The summed E-state index contributed by atoms with van der Waals surface area (Å²) in [5.41, 5.74) is 11.9. The first kappa shape index (κ1) is 25.2. The Morgan fingerprint density at radius 2 is 1.54 bits per heavy atom. The summed E-state index contributed by atoms with van der Waals surface area (Å²) < 4.78 is 27.7. The summed E-state index contributed by atoms with van der Waals surface area (Å²) in [7, 11) is -3.73. The van der Waals surface area contributed by atoms with Crippen molar-refractivity contribution in [3.05, 3.63) is 81.8 Å². The van der Waals surface area contributed by atoms with Crippen molar-refractivity contribution in [1.82, 2.24) is 19.2 Å². The van der Waals surface area contributed by atoms with Gasteiger partial charge in [0.15, 0.2) is 5.65 Å². The Labute approximate surface area is 218 Å². The zero-order valence-corrected chi connectivity index (χ0v) is 23.1. The lowest BCUT2D eigenvalue weighted by atomic mass is 9.94. The van der Waals surface area contributed by atoms with Gasteiger partial charge in [-0.05, 0) is 81.5 Å². The number of sulfonamides is 1. The molecule has 0 bridgehead atoms. The quantitative estimate of drug-likeness (QED) is 0.321. The average Bonchev–Trinajstić information content (AvgIpc) is 3.32. The van der Waals surface area contributed by atoms with E-state index < -0.39 is 10.0 Å². The Morgan fingerprint density at radius 3 is 2.14 bits per heavy atom. The first-order valence-corrected chi connectivity index (χ1v) is 14.1. The Balaban J connectivity index is 1.77. The second-order valence-electron chi connectivity index (χ2n) is 10.1. The molecule has 0 unspecified atom stereocenters. The first-order chi connectivity index (χ1) is 17.5. The van der Waals surface area contributed by atoms with E-state index in [9.17, 15) is 8.42 Å². The lowest BCUT2D eigenvalue weighted by Crippen LogP contribution is -2.12. The third-order valence-corrected chi connectivity index (χ3v) is 8.01. The molecule has 3 heterocycles. The van der Waals surface area contributed by atoms with E-state index in [-0.39, 0.29) is 4.90 Å². The van der Waals surface area contributed by atoms with Gasteiger partial charge in [0.05, 0.1) is 21.8 Å². The summed E-state index contributed by atoms with van der Waals surface area (Å²) in [5.74, 6) is 0. The van der Waals surface area contributed by atoms with Gasteiger partial charge < -0.3 is 4.57 Å². The largest absolute Gasteiger partial charge is 0.325 e.